The van der Waals surface area contributed by atoms with E-state index < -0.39 is 113 Å². The molecule has 0 radical (unpaired) electrons. The molecule has 2 saturated carbocycles. The summed E-state index contributed by atoms with van der Waals surface area (Å²) in [5.74, 6) is -3.67. The Labute approximate surface area is 459 Å². The number of nitrogens with one attached hydrogen (secondary N) is 1. The molecule has 1 aromatic rings. The third-order valence-corrected chi connectivity index (χ3v) is 33.7. The van der Waals surface area contributed by atoms with Crippen LogP contribution < -0.4 is 5.32 Å². The summed E-state index contributed by atoms with van der Waals surface area (Å²) in [7, 11) is -8.18. The summed E-state index contributed by atoms with van der Waals surface area (Å²) >= 11 is 0. The maximum absolute atomic E-state index is 17.2. The Morgan fingerprint density at radius 2 is 1.34 bits per heavy atom. The number of carbonyl (C=O) groups excluding carboxylic acids is 5. The monoisotopic (exact) mass is 1110 g/mol. The number of benzene rings is 1. The van der Waals surface area contributed by atoms with Crippen LogP contribution in [-0.4, -0.2) is 114 Å². The van der Waals surface area contributed by atoms with Gasteiger partial charge in [-0.2, -0.15) is 0 Å². The Balaban J connectivity index is 1.71. The molecule has 17 heteroatoms. The van der Waals surface area contributed by atoms with Gasteiger partial charge in [-0.15, -0.1) is 0 Å². The second-order valence-electron chi connectivity index (χ2n) is 25.4. The summed E-state index contributed by atoms with van der Waals surface area (Å²) < 4.78 is 49.3. The van der Waals surface area contributed by atoms with Gasteiger partial charge in [0, 0.05) is 38.0 Å². The van der Waals surface area contributed by atoms with Gasteiger partial charge in [-0.3, -0.25) is 19.2 Å². The second kappa shape index (κ2) is 24.0. The zero-order chi connectivity index (χ0) is 56.5. The molecular formula is C59H97NO13Si3. The molecule has 2 N–H and O–H groups in total. The number of amides is 1. The highest BCUT2D eigenvalue weighted by atomic mass is 28.4. The van der Waals surface area contributed by atoms with Crippen LogP contribution in [0.3, 0.4) is 0 Å². The van der Waals surface area contributed by atoms with E-state index in [1.807, 2.05) is 58.0 Å². The largest absolute Gasteiger partial charge is 0.459 e. The summed E-state index contributed by atoms with van der Waals surface area (Å²) in [6.07, 6.45) is -2.39. The normalized spacial score (nSPS) is 33.3. The van der Waals surface area contributed by atoms with Gasteiger partial charge in [0.2, 0.25) is 5.91 Å². The topological polar surface area (TPSA) is 182 Å². The van der Waals surface area contributed by atoms with Gasteiger partial charge in [-0.05, 0) is 97.8 Å². The van der Waals surface area contributed by atoms with Crippen LogP contribution in [0.25, 0.3) is 0 Å². The van der Waals surface area contributed by atoms with Crippen molar-refractivity contribution < 1.29 is 61.3 Å². The lowest BCUT2D eigenvalue weighted by Crippen LogP contribution is -2.82. The molecule has 1 aromatic carbocycles. The number of ether oxygens (including phenoxy) is 4. The van der Waals surface area contributed by atoms with Gasteiger partial charge in [-0.1, -0.05) is 132 Å². The minimum Gasteiger partial charge on any atom is -0.459 e. The SMILES string of the molecule is CC[Si](CC)(CC)O[C@H]1C(=O)[C@]2(C)[C@@H](O[Si](CC)(CC)CC)C[C@H]3OC[C@@]3(OC(C)=O)[C@H]2[C@@H]2OC(=O)CCCCCCCCC(=O)N[C@@H](c3ccccc3)[C@@H](O[Si](C)(C)C(C)(C)C)C(=O)O[C@H]3C[C@]2(O)C(C)(C)C1=C3C. The lowest BCUT2D eigenvalue weighted by atomic mass is 9.44. The van der Waals surface area contributed by atoms with Crippen LogP contribution in [0.2, 0.25) is 54.4 Å². The number of ketones is 1. The van der Waals surface area contributed by atoms with E-state index in [0.717, 1.165) is 43.8 Å². The van der Waals surface area contributed by atoms with E-state index in [1.54, 1.807) is 0 Å². The molecule has 0 unspecified atom stereocenters. The van der Waals surface area contributed by atoms with Crippen LogP contribution >= 0.6 is 0 Å². The van der Waals surface area contributed by atoms with Gasteiger partial charge in [-0.25, -0.2) is 4.79 Å². The standard InChI is InChI=1S/C59H97NO13Si3/c1-17-75(18-2,19-3)71-43-36-44-58(38-67-44,70-40(8)61)51-53-59(66)37-42(39(7)47(56(59,12)13)49(52(64)57(43,51)14)73-76(20-4,21-5)22-6)68-54(65)50(72-74(15,16)55(9,10)11)48(41-32-28-27-29-33-41)60-45(62)34-30-25-23-24-26-31-35-46(63)69-53/h27-29,32-33,42-44,48-51,53,66H,17-26,30-31,34-38H2,1-16H3,(H,60,62)/t42-,43-,44+,48-,49+,50+,51-,53-,57+,58-,59+/m0/s1. The quantitative estimate of drug-likeness (QED) is 0.0778. The van der Waals surface area contributed by atoms with Crippen LogP contribution in [0.15, 0.2) is 41.5 Å². The van der Waals surface area contributed by atoms with Crippen LogP contribution in [0.1, 0.15) is 173 Å². The first-order valence-electron chi connectivity index (χ1n) is 29.1. The number of carbonyl (C=O) groups is 5. The van der Waals surface area contributed by atoms with Crippen molar-refractivity contribution in [1.29, 1.82) is 0 Å². The van der Waals surface area contributed by atoms with Crippen LogP contribution in [0.4, 0.5) is 0 Å². The zero-order valence-corrected chi connectivity index (χ0v) is 52.4. The maximum atomic E-state index is 17.2. The van der Waals surface area contributed by atoms with E-state index >= 15 is 9.59 Å². The molecule has 3 bridgehead atoms. The smallest absolute Gasteiger partial charge is 0.337 e. The molecule has 4 fully saturated rings. The predicted molar refractivity (Wildman–Crippen MR) is 302 cm³/mol. The second-order valence-corrected chi connectivity index (χ2v) is 39.6. The van der Waals surface area contributed by atoms with Crippen molar-refractivity contribution in [3.63, 3.8) is 0 Å². The average Bonchev–Trinajstić information content (AvgIpc) is 3.41. The van der Waals surface area contributed by atoms with Crippen molar-refractivity contribution in [1.82, 2.24) is 5.32 Å². The fourth-order valence-corrected chi connectivity index (χ4v) is 20.3. The number of esters is 3. The van der Waals surface area contributed by atoms with E-state index in [9.17, 15) is 19.5 Å². The fourth-order valence-electron chi connectivity index (χ4n) is 13.5. The molecular weight excluding hydrogens is 1010 g/mol. The lowest BCUT2D eigenvalue weighted by molar-refractivity contribution is -0.346. The third-order valence-electron chi connectivity index (χ3n) is 20.0. The molecule has 6 rings (SSSR count). The van der Waals surface area contributed by atoms with E-state index in [-0.39, 0.29) is 49.0 Å². The molecule has 11 atom stereocenters. The van der Waals surface area contributed by atoms with E-state index in [0.29, 0.717) is 47.7 Å². The Bertz CT molecular complexity index is 2260. The molecule has 0 aromatic heterocycles. The van der Waals surface area contributed by atoms with Crippen LogP contribution in [0, 0.1) is 16.7 Å². The number of hydrogen-bond donors (Lipinski definition) is 2. The van der Waals surface area contributed by atoms with Crippen molar-refractivity contribution in [2.75, 3.05) is 6.61 Å². The van der Waals surface area contributed by atoms with Gasteiger partial charge in [0.1, 0.15) is 30.0 Å². The van der Waals surface area contributed by atoms with E-state index in [1.165, 1.54) is 6.92 Å². The first-order chi connectivity index (χ1) is 35.6. The lowest BCUT2D eigenvalue weighted by Gasteiger charge is -2.68. The van der Waals surface area contributed by atoms with E-state index in [4.69, 9.17) is 32.2 Å². The fraction of sp³-hybridized carbons (Fsp3) is 0.780. The maximum Gasteiger partial charge on any atom is 0.337 e. The van der Waals surface area contributed by atoms with Gasteiger partial charge >= 0.3 is 17.9 Å². The number of aliphatic hydroxyl groups is 1. The molecule has 2 aliphatic heterocycles. The minimum atomic E-state index is -2.84. The van der Waals surface area contributed by atoms with Crippen molar-refractivity contribution in [3.8, 4) is 0 Å². The van der Waals surface area contributed by atoms with Gasteiger partial charge in [0.05, 0.1) is 30.1 Å². The number of Topliss-reactive ketones (excluding diaryl/α,β-unsaturated/α-hetero) is 1. The molecule has 3 aliphatic carbocycles. The first kappa shape index (κ1) is 62.2. The average molecular weight is 1110 g/mol. The highest BCUT2D eigenvalue weighted by Gasteiger charge is 2.79. The molecule has 0 spiro atoms. The highest BCUT2D eigenvalue weighted by molar-refractivity contribution is 6.74. The van der Waals surface area contributed by atoms with Gasteiger partial charge in [0.25, 0.3) is 0 Å². The summed E-state index contributed by atoms with van der Waals surface area (Å²) in [5, 5.41) is 17.5. The van der Waals surface area contributed by atoms with Crippen molar-refractivity contribution in [2.24, 2.45) is 16.7 Å². The molecule has 76 heavy (non-hydrogen) atoms. The van der Waals surface area contributed by atoms with Crippen LogP contribution in [0.5, 0.6) is 0 Å². The summed E-state index contributed by atoms with van der Waals surface area (Å²) in [6.45, 7) is 31.8. The Morgan fingerprint density at radius 3 is 1.87 bits per heavy atom. The Hall–Kier alpha value is -3.04. The molecule has 2 heterocycles. The summed E-state index contributed by atoms with van der Waals surface area (Å²) in [4.78, 5) is 75.6. The molecule has 5 aliphatic rings. The van der Waals surface area contributed by atoms with Crippen molar-refractivity contribution in [3.05, 3.63) is 47.0 Å². The van der Waals surface area contributed by atoms with Gasteiger partial charge < -0.3 is 42.6 Å². The van der Waals surface area contributed by atoms with E-state index in [2.05, 4.69) is 80.7 Å². The molecule has 428 valence electrons. The predicted octanol–water partition coefficient (Wildman–Crippen LogP) is 11.8. The molecule has 1 amide bonds. The minimum absolute atomic E-state index is 0.0294. The van der Waals surface area contributed by atoms with Crippen LogP contribution in [-0.2, 0) is 56.2 Å². The number of hydrogen-bond acceptors (Lipinski definition) is 13. The Kier molecular flexibility index (Phi) is 19.6. The Morgan fingerprint density at radius 1 is 0.789 bits per heavy atom. The number of rotatable bonds is 14. The third kappa shape index (κ3) is 11.6. The highest BCUT2D eigenvalue weighted by Crippen LogP contribution is 2.65. The molecule has 14 nitrogen and oxygen atoms in total. The molecule has 2 saturated heterocycles. The zero-order valence-electron chi connectivity index (χ0n) is 49.4. The summed E-state index contributed by atoms with van der Waals surface area (Å²) in [6, 6.07) is 12.8. The van der Waals surface area contributed by atoms with Crippen molar-refractivity contribution >= 4 is 54.6 Å². The van der Waals surface area contributed by atoms with Gasteiger partial charge in [0.15, 0.2) is 42.4 Å². The first-order valence-corrected chi connectivity index (χ1v) is 37.1. The summed E-state index contributed by atoms with van der Waals surface area (Å²) in [5.41, 5.74) is -5.01. The number of fused-ring (bicyclic) bond motifs is 6. The van der Waals surface area contributed by atoms with Crippen molar-refractivity contribution in [2.45, 2.75) is 269 Å².